The van der Waals surface area contributed by atoms with Crippen LogP contribution in [0.25, 0.3) is 0 Å². The third-order valence-corrected chi connectivity index (χ3v) is 6.30. The van der Waals surface area contributed by atoms with Crippen LogP contribution >= 0.6 is 0 Å². The van der Waals surface area contributed by atoms with Crippen LogP contribution in [0.15, 0.2) is 9.52 Å². The fraction of sp³-hybridized carbons (Fsp3) is 0.762. The van der Waals surface area contributed by atoms with E-state index in [0.717, 1.165) is 76.1 Å². The van der Waals surface area contributed by atoms with Gasteiger partial charge in [-0.3, -0.25) is 14.7 Å². The van der Waals surface area contributed by atoms with Crippen LogP contribution in [0.3, 0.4) is 0 Å². The molecule has 8 heteroatoms. The molecular weight excluding hydrogens is 368 g/mol. The fourth-order valence-corrected chi connectivity index (χ4v) is 4.55. The lowest BCUT2D eigenvalue weighted by Crippen LogP contribution is -2.57. The van der Waals surface area contributed by atoms with Gasteiger partial charge in [-0.25, -0.2) is 0 Å². The number of carbonyl (C=O) groups excluding carboxylic acids is 1. The number of aryl methyl sites for hydroxylation is 2. The molecule has 2 aliphatic rings. The Hall–Kier alpha value is -2.09. The number of hydrogen-bond donors (Lipinski definition) is 1. The van der Waals surface area contributed by atoms with Crippen molar-refractivity contribution in [1.29, 1.82) is 0 Å². The van der Waals surface area contributed by atoms with Crippen molar-refractivity contribution in [2.75, 3.05) is 52.9 Å². The van der Waals surface area contributed by atoms with Crippen LogP contribution in [0, 0.1) is 13.8 Å². The van der Waals surface area contributed by atoms with E-state index in [0.29, 0.717) is 0 Å². The Kier molecular flexibility index (Phi) is 7.16. The molecule has 1 N–H and O–H groups in total. The van der Waals surface area contributed by atoms with Crippen molar-refractivity contribution >= 4 is 11.9 Å². The first-order valence-electron chi connectivity index (χ1n) is 10.8. The maximum absolute atomic E-state index is 12.7. The van der Waals surface area contributed by atoms with Gasteiger partial charge in [-0.1, -0.05) is 12.1 Å². The molecule has 8 nitrogen and oxygen atoms in total. The Balaban J connectivity index is 1.49. The molecule has 3 heterocycles. The van der Waals surface area contributed by atoms with E-state index in [9.17, 15) is 4.79 Å². The minimum atomic E-state index is -0.0372. The van der Waals surface area contributed by atoms with Crippen molar-refractivity contribution in [3.05, 3.63) is 17.0 Å². The van der Waals surface area contributed by atoms with E-state index in [1.165, 1.54) is 5.56 Å². The van der Waals surface area contributed by atoms with Crippen molar-refractivity contribution in [2.24, 2.45) is 4.99 Å². The molecule has 0 aliphatic carbocycles. The van der Waals surface area contributed by atoms with Crippen LogP contribution in [-0.2, 0) is 4.79 Å². The number of piperazine rings is 1. The number of nitrogens with zero attached hydrogens (tertiary/aromatic N) is 5. The van der Waals surface area contributed by atoms with E-state index < -0.39 is 0 Å². The number of nitrogens with one attached hydrogen (secondary N) is 1. The number of amides is 1. The monoisotopic (exact) mass is 404 g/mol. The summed E-state index contributed by atoms with van der Waals surface area (Å²) < 4.78 is 5.30. The summed E-state index contributed by atoms with van der Waals surface area (Å²) >= 11 is 0. The van der Waals surface area contributed by atoms with Gasteiger partial charge < -0.3 is 19.6 Å². The van der Waals surface area contributed by atoms with Gasteiger partial charge in [-0.05, 0) is 33.6 Å². The maximum atomic E-state index is 12.7. The third kappa shape index (κ3) is 4.91. The molecule has 1 aromatic rings. The predicted molar refractivity (Wildman–Crippen MR) is 114 cm³/mol. The van der Waals surface area contributed by atoms with Gasteiger partial charge in [-0.2, -0.15) is 0 Å². The zero-order chi connectivity index (χ0) is 21.0. The molecule has 3 rings (SSSR count). The molecular formula is C21H36N6O2. The second-order valence-electron chi connectivity index (χ2n) is 8.30. The van der Waals surface area contributed by atoms with Gasteiger partial charge in [-0.15, -0.1) is 0 Å². The van der Waals surface area contributed by atoms with E-state index in [4.69, 9.17) is 4.52 Å². The van der Waals surface area contributed by atoms with Crippen LogP contribution in [-0.4, -0.2) is 90.6 Å². The minimum absolute atomic E-state index is 0.0372. The van der Waals surface area contributed by atoms with Gasteiger partial charge in [0.2, 0.25) is 5.91 Å². The Bertz CT molecular complexity index is 697. The van der Waals surface area contributed by atoms with Gasteiger partial charge in [0.15, 0.2) is 5.96 Å². The molecule has 2 fully saturated rings. The second-order valence-corrected chi connectivity index (χ2v) is 8.30. The highest BCUT2D eigenvalue weighted by Crippen LogP contribution is 2.22. The summed E-state index contributed by atoms with van der Waals surface area (Å²) in [5, 5.41) is 7.57. The Morgan fingerprint density at radius 2 is 1.76 bits per heavy atom. The number of hydrogen-bond acceptors (Lipinski definition) is 5. The van der Waals surface area contributed by atoms with E-state index in [2.05, 4.69) is 39.1 Å². The van der Waals surface area contributed by atoms with Gasteiger partial charge in [0, 0.05) is 64.3 Å². The first-order chi connectivity index (χ1) is 13.9. The highest BCUT2D eigenvalue weighted by atomic mass is 16.5. The average molecular weight is 405 g/mol. The van der Waals surface area contributed by atoms with E-state index in [1.54, 1.807) is 0 Å². The van der Waals surface area contributed by atoms with Gasteiger partial charge in [0.05, 0.1) is 11.7 Å². The Morgan fingerprint density at radius 1 is 1.10 bits per heavy atom. The van der Waals surface area contributed by atoms with Gasteiger partial charge >= 0.3 is 0 Å². The summed E-state index contributed by atoms with van der Waals surface area (Å²) in [7, 11) is 1.83. The summed E-state index contributed by atoms with van der Waals surface area (Å²) in [6, 6.07) is -0.0372. The maximum Gasteiger partial charge on any atom is 0.239 e. The van der Waals surface area contributed by atoms with E-state index in [1.807, 2.05) is 25.8 Å². The molecule has 1 aromatic heterocycles. The number of guanidine groups is 1. The molecule has 2 atom stereocenters. The summed E-state index contributed by atoms with van der Waals surface area (Å²) in [4.78, 5) is 23.8. The molecule has 0 radical (unpaired) electrons. The molecule has 1 amide bonds. The molecule has 29 heavy (non-hydrogen) atoms. The quantitative estimate of drug-likeness (QED) is 0.593. The topological polar surface area (TPSA) is 77.2 Å². The van der Waals surface area contributed by atoms with Crippen LogP contribution in [0.2, 0.25) is 0 Å². The fourth-order valence-electron chi connectivity index (χ4n) is 4.55. The van der Waals surface area contributed by atoms with E-state index >= 15 is 0 Å². The molecule has 2 aliphatic heterocycles. The number of aliphatic imine (C=N–C) groups is 1. The molecule has 0 spiro atoms. The first-order valence-corrected chi connectivity index (χ1v) is 10.8. The number of rotatable bonds is 5. The summed E-state index contributed by atoms with van der Waals surface area (Å²) in [5.41, 5.74) is 2.13. The zero-order valence-corrected chi connectivity index (χ0v) is 18.6. The normalized spacial score (nSPS) is 20.8. The predicted octanol–water partition coefficient (Wildman–Crippen LogP) is 1.60. The highest BCUT2D eigenvalue weighted by Gasteiger charge is 2.30. The number of aromatic nitrogens is 1. The number of likely N-dealkylation sites (tertiary alicyclic amines) is 1. The number of carbonyl (C=O) groups is 1. The SMILES string of the molecule is CN=C(NCC(C)c1c(C)noc1C)N1CCN(C(C)C(=O)N2CCCC2)CC1. The summed E-state index contributed by atoms with van der Waals surface area (Å²) in [6.07, 6.45) is 2.28. The van der Waals surface area contributed by atoms with Gasteiger partial charge in [0.1, 0.15) is 5.76 Å². The standard InChI is InChI=1S/C21H36N6O2/c1-15(19-16(2)24-29-18(19)4)14-23-21(22-5)27-12-10-25(11-13-27)17(3)20(28)26-8-6-7-9-26/h15,17H,6-14H2,1-5H3,(H,22,23). The molecule has 0 saturated carbocycles. The smallest absolute Gasteiger partial charge is 0.239 e. The Morgan fingerprint density at radius 3 is 2.31 bits per heavy atom. The van der Waals surface area contributed by atoms with Gasteiger partial charge in [0.25, 0.3) is 0 Å². The van der Waals surface area contributed by atoms with Crippen molar-refractivity contribution < 1.29 is 9.32 Å². The molecule has 0 aromatic carbocycles. The Labute approximate surface area is 174 Å². The molecule has 0 bridgehead atoms. The van der Waals surface area contributed by atoms with Crippen LogP contribution in [0.5, 0.6) is 0 Å². The third-order valence-electron chi connectivity index (χ3n) is 6.30. The van der Waals surface area contributed by atoms with Crippen molar-refractivity contribution in [1.82, 2.24) is 25.2 Å². The second kappa shape index (κ2) is 9.61. The lowest BCUT2D eigenvalue weighted by atomic mass is 10.00. The van der Waals surface area contributed by atoms with Crippen LogP contribution < -0.4 is 5.32 Å². The van der Waals surface area contributed by atoms with Crippen molar-refractivity contribution in [2.45, 2.75) is 52.5 Å². The van der Waals surface area contributed by atoms with Crippen molar-refractivity contribution in [3.8, 4) is 0 Å². The van der Waals surface area contributed by atoms with Crippen molar-refractivity contribution in [3.63, 3.8) is 0 Å². The zero-order valence-electron chi connectivity index (χ0n) is 18.6. The average Bonchev–Trinajstić information content (AvgIpc) is 3.37. The molecule has 2 unspecified atom stereocenters. The molecule has 162 valence electrons. The lowest BCUT2D eigenvalue weighted by Gasteiger charge is -2.39. The largest absolute Gasteiger partial charge is 0.361 e. The van der Waals surface area contributed by atoms with Crippen LogP contribution in [0.1, 0.15) is 49.6 Å². The highest BCUT2D eigenvalue weighted by molar-refractivity contribution is 5.82. The molecule has 2 saturated heterocycles. The summed E-state index contributed by atoms with van der Waals surface area (Å²) in [6.45, 7) is 14.3. The lowest BCUT2D eigenvalue weighted by molar-refractivity contribution is -0.135. The minimum Gasteiger partial charge on any atom is -0.361 e. The van der Waals surface area contributed by atoms with E-state index in [-0.39, 0.29) is 17.9 Å². The van der Waals surface area contributed by atoms with Crippen LogP contribution in [0.4, 0.5) is 0 Å². The first kappa shape index (κ1) is 21.6. The summed E-state index contributed by atoms with van der Waals surface area (Å²) in [5.74, 6) is 2.38.